The maximum Gasteiger partial charge on any atom is 0.162 e. The van der Waals surface area contributed by atoms with Crippen LogP contribution in [0.4, 0.5) is 5.82 Å². The van der Waals surface area contributed by atoms with Crippen molar-refractivity contribution in [2.24, 2.45) is 0 Å². The second kappa shape index (κ2) is 8.12. The van der Waals surface area contributed by atoms with E-state index in [0.717, 1.165) is 53.1 Å². The molecular weight excluding hydrogens is 365 g/mol. The summed E-state index contributed by atoms with van der Waals surface area (Å²) in [6, 6.07) is 0. The van der Waals surface area contributed by atoms with Crippen molar-refractivity contribution in [2.45, 2.75) is 59.0 Å². The molecule has 4 nitrogen and oxygen atoms in total. The van der Waals surface area contributed by atoms with Gasteiger partial charge in [-0.05, 0) is 48.8 Å². The lowest BCUT2D eigenvalue weighted by Crippen LogP contribution is -2.30. The van der Waals surface area contributed by atoms with Gasteiger partial charge in [-0.3, -0.25) is 0 Å². The van der Waals surface area contributed by atoms with E-state index in [4.69, 9.17) is 14.7 Å². The molecule has 0 saturated heterocycles. The molecule has 0 aromatic carbocycles. The van der Waals surface area contributed by atoms with Crippen molar-refractivity contribution >= 4 is 28.4 Å². The molecule has 0 unspecified atom stereocenters. The van der Waals surface area contributed by atoms with Crippen molar-refractivity contribution in [1.82, 2.24) is 9.97 Å². The smallest absolute Gasteiger partial charge is 0.162 e. The summed E-state index contributed by atoms with van der Waals surface area (Å²) in [6.07, 6.45) is 3.80. The van der Waals surface area contributed by atoms with Gasteiger partial charge in [0, 0.05) is 13.7 Å². The summed E-state index contributed by atoms with van der Waals surface area (Å²) in [5, 5.41) is 3.35. The number of nitrogens with zero attached hydrogens (tertiary/aromatic N) is 2. The molecule has 0 bridgehead atoms. The molecule has 1 heterocycles. The summed E-state index contributed by atoms with van der Waals surface area (Å²) in [4.78, 5) is 9.54. The van der Waals surface area contributed by atoms with Crippen LogP contribution in [-0.2, 0) is 16.8 Å². The average molecular weight is 391 g/mol. The lowest BCUT2D eigenvalue weighted by molar-refractivity contribution is -0.0292. The van der Waals surface area contributed by atoms with Crippen molar-refractivity contribution in [3.8, 4) is 0 Å². The molecule has 0 aliphatic carbocycles. The van der Waals surface area contributed by atoms with Gasteiger partial charge < -0.3 is 10.1 Å². The van der Waals surface area contributed by atoms with Crippen LogP contribution in [0.2, 0.25) is 0 Å². The third-order valence-electron chi connectivity index (χ3n) is 3.69. The zero-order valence-electron chi connectivity index (χ0n) is 13.2. The fourth-order valence-corrected chi connectivity index (χ4v) is 3.03. The SMILES string of the molecule is CCCc1nc(C(CC)(CC)OC)nc(NCC)c1I. The average Bonchev–Trinajstić information content (AvgIpc) is 2.46. The van der Waals surface area contributed by atoms with Crippen LogP contribution in [0.1, 0.15) is 58.5 Å². The molecule has 1 rings (SSSR count). The zero-order chi connectivity index (χ0) is 15.2. The zero-order valence-corrected chi connectivity index (χ0v) is 15.4. The van der Waals surface area contributed by atoms with Crippen molar-refractivity contribution in [3.63, 3.8) is 0 Å². The minimum Gasteiger partial charge on any atom is -0.370 e. The van der Waals surface area contributed by atoms with E-state index >= 15 is 0 Å². The summed E-state index contributed by atoms with van der Waals surface area (Å²) >= 11 is 2.34. The Morgan fingerprint density at radius 1 is 1.15 bits per heavy atom. The first-order valence-corrected chi connectivity index (χ1v) is 8.52. The number of methoxy groups -OCH3 is 1. The number of anilines is 1. The number of ether oxygens (including phenoxy) is 1. The predicted molar refractivity (Wildman–Crippen MR) is 92.2 cm³/mol. The molecule has 5 heteroatoms. The van der Waals surface area contributed by atoms with Crippen molar-refractivity contribution in [1.29, 1.82) is 0 Å². The predicted octanol–water partition coefficient (Wildman–Crippen LogP) is 4.13. The van der Waals surface area contributed by atoms with Gasteiger partial charge in [0.15, 0.2) is 5.82 Å². The van der Waals surface area contributed by atoms with Crippen molar-refractivity contribution in [2.75, 3.05) is 19.0 Å². The Balaban J connectivity index is 3.38. The first-order valence-electron chi connectivity index (χ1n) is 7.44. The highest BCUT2D eigenvalue weighted by molar-refractivity contribution is 14.1. The number of hydrogen-bond donors (Lipinski definition) is 1. The fourth-order valence-electron chi connectivity index (χ4n) is 2.33. The Labute approximate surface area is 136 Å². The Morgan fingerprint density at radius 2 is 1.80 bits per heavy atom. The first-order chi connectivity index (χ1) is 9.58. The topological polar surface area (TPSA) is 47.0 Å². The van der Waals surface area contributed by atoms with Gasteiger partial charge in [-0.15, -0.1) is 0 Å². The highest BCUT2D eigenvalue weighted by Crippen LogP contribution is 2.32. The third-order valence-corrected chi connectivity index (χ3v) is 4.82. The van der Waals surface area contributed by atoms with Crippen LogP contribution >= 0.6 is 22.6 Å². The van der Waals surface area contributed by atoms with Gasteiger partial charge >= 0.3 is 0 Å². The number of nitrogens with one attached hydrogen (secondary N) is 1. The van der Waals surface area contributed by atoms with Crippen LogP contribution in [0.5, 0.6) is 0 Å². The van der Waals surface area contributed by atoms with Gasteiger partial charge in [0.25, 0.3) is 0 Å². The minimum absolute atomic E-state index is 0.378. The fraction of sp³-hybridized carbons (Fsp3) is 0.733. The van der Waals surface area contributed by atoms with E-state index < -0.39 is 0 Å². The Bertz CT molecular complexity index is 398. The van der Waals surface area contributed by atoms with E-state index in [1.807, 2.05) is 0 Å². The lowest BCUT2D eigenvalue weighted by Gasteiger charge is -2.29. The van der Waals surface area contributed by atoms with E-state index in [-0.39, 0.29) is 5.60 Å². The van der Waals surface area contributed by atoms with Crippen molar-refractivity contribution in [3.05, 3.63) is 15.1 Å². The van der Waals surface area contributed by atoms with Crippen molar-refractivity contribution < 1.29 is 4.74 Å². The van der Waals surface area contributed by atoms with Crippen LogP contribution < -0.4 is 5.32 Å². The molecule has 1 N–H and O–H groups in total. The van der Waals surface area contributed by atoms with E-state index in [9.17, 15) is 0 Å². The van der Waals surface area contributed by atoms with Gasteiger partial charge in [0.1, 0.15) is 11.4 Å². The molecule has 20 heavy (non-hydrogen) atoms. The summed E-state index contributed by atoms with van der Waals surface area (Å²) in [5.74, 6) is 1.75. The molecule has 114 valence electrons. The summed E-state index contributed by atoms with van der Waals surface area (Å²) in [6.45, 7) is 9.37. The minimum atomic E-state index is -0.378. The molecule has 0 aliphatic heterocycles. The van der Waals surface area contributed by atoms with Crippen LogP contribution in [0.3, 0.4) is 0 Å². The van der Waals surface area contributed by atoms with Crippen LogP contribution in [0, 0.1) is 3.57 Å². The van der Waals surface area contributed by atoms with E-state index in [1.165, 1.54) is 0 Å². The molecule has 0 fully saturated rings. The molecule has 0 amide bonds. The maximum atomic E-state index is 5.77. The molecule has 0 saturated carbocycles. The van der Waals surface area contributed by atoms with Gasteiger partial charge in [0.05, 0.1) is 9.26 Å². The first kappa shape index (κ1) is 17.6. The van der Waals surface area contributed by atoms with Gasteiger partial charge in [-0.2, -0.15) is 0 Å². The lowest BCUT2D eigenvalue weighted by atomic mass is 9.95. The molecule has 0 spiro atoms. The Kier molecular flexibility index (Phi) is 7.15. The summed E-state index contributed by atoms with van der Waals surface area (Å²) < 4.78 is 6.90. The second-order valence-electron chi connectivity index (χ2n) is 4.84. The molecular formula is C15H26IN3O. The largest absolute Gasteiger partial charge is 0.370 e. The number of aryl methyl sites for hydroxylation is 1. The van der Waals surface area contributed by atoms with E-state index in [0.29, 0.717) is 0 Å². The van der Waals surface area contributed by atoms with Gasteiger partial charge in [0.2, 0.25) is 0 Å². The Morgan fingerprint density at radius 3 is 2.25 bits per heavy atom. The number of hydrogen-bond acceptors (Lipinski definition) is 4. The quantitative estimate of drug-likeness (QED) is 0.677. The molecule has 1 aromatic rings. The summed E-state index contributed by atoms with van der Waals surface area (Å²) in [7, 11) is 1.75. The standard InChI is InChI=1S/C15H26IN3O/c1-6-10-11-12(16)13(17-9-4)19-14(18-11)15(7-2,8-3)20-5/h6-10H2,1-5H3,(H,17,18,19). The molecule has 0 atom stereocenters. The highest BCUT2D eigenvalue weighted by atomic mass is 127. The Hall–Kier alpha value is -0.430. The van der Waals surface area contributed by atoms with Crippen LogP contribution in [0.15, 0.2) is 0 Å². The normalized spacial score (nSPS) is 11.7. The monoisotopic (exact) mass is 391 g/mol. The van der Waals surface area contributed by atoms with Gasteiger partial charge in [-0.1, -0.05) is 27.2 Å². The van der Waals surface area contributed by atoms with E-state index in [2.05, 4.69) is 55.6 Å². The number of rotatable bonds is 8. The highest BCUT2D eigenvalue weighted by Gasteiger charge is 2.32. The third kappa shape index (κ3) is 3.61. The van der Waals surface area contributed by atoms with E-state index in [1.54, 1.807) is 7.11 Å². The van der Waals surface area contributed by atoms with Gasteiger partial charge in [-0.25, -0.2) is 9.97 Å². The number of aromatic nitrogens is 2. The van der Waals surface area contributed by atoms with Crippen LogP contribution in [0.25, 0.3) is 0 Å². The second-order valence-corrected chi connectivity index (χ2v) is 5.92. The number of halogens is 1. The molecule has 0 aliphatic rings. The molecule has 1 aromatic heterocycles. The molecule has 0 radical (unpaired) electrons. The maximum absolute atomic E-state index is 5.77. The van der Waals surface area contributed by atoms with Crippen LogP contribution in [-0.4, -0.2) is 23.6 Å². The summed E-state index contributed by atoms with van der Waals surface area (Å²) in [5.41, 5.74) is 0.745.